The predicted molar refractivity (Wildman–Crippen MR) is 111 cm³/mol. The molecule has 1 aliphatic rings. The van der Waals surface area contributed by atoms with E-state index in [2.05, 4.69) is 15.9 Å². The third kappa shape index (κ3) is 5.41. The van der Waals surface area contributed by atoms with E-state index < -0.39 is 0 Å². The Morgan fingerprint density at radius 1 is 1.00 bits per heavy atom. The van der Waals surface area contributed by atoms with Crippen molar-refractivity contribution >= 4 is 27.7 Å². The molecular formula is C22H23BrF2N2O2. The summed E-state index contributed by atoms with van der Waals surface area (Å²) in [6.07, 6.45) is 1.01. The molecule has 0 saturated carbocycles. The minimum absolute atomic E-state index is 0.0222. The molecule has 154 valence electrons. The number of hydrogen-bond donors (Lipinski definition) is 0. The molecule has 0 aliphatic carbocycles. The summed E-state index contributed by atoms with van der Waals surface area (Å²) in [6.45, 7) is 4.00. The second kappa shape index (κ2) is 9.48. The molecule has 1 fully saturated rings. The molecule has 7 heteroatoms. The highest BCUT2D eigenvalue weighted by Gasteiger charge is 2.24. The van der Waals surface area contributed by atoms with Crippen LogP contribution in [-0.4, -0.2) is 47.8 Å². The van der Waals surface area contributed by atoms with E-state index in [4.69, 9.17) is 0 Å². The van der Waals surface area contributed by atoms with E-state index in [0.29, 0.717) is 49.1 Å². The van der Waals surface area contributed by atoms with Gasteiger partial charge in [-0.15, -0.1) is 0 Å². The molecule has 29 heavy (non-hydrogen) atoms. The van der Waals surface area contributed by atoms with Crippen molar-refractivity contribution in [2.24, 2.45) is 0 Å². The zero-order valence-electron chi connectivity index (χ0n) is 16.2. The average Bonchev–Trinajstić information content (AvgIpc) is 2.96. The average molecular weight is 465 g/mol. The van der Waals surface area contributed by atoms with Crippen LogP contribution < -0.4 is 0 Å². The second-order valence-corrected chi connectivity index (χ2v) is 8.17. The lowest BCUT2D eigenvalue weighted by Gasteiger charge is -2.23. The van der Waals surface area contributed by atoms with Crippen molar-refractivity contribution in [3.8, 4) is 0 Å². The van der Waals surface area contributed by atoms with Gasteiger partial charge in [-0.1, -0.05) is 13.0 Å². The summed E-state index contributed by atoms with van der Waals surface area (Å²) in [4.78, 5) is 28.9. The maximum absolute atomic E-state index is 13.4. The number of nitrogens with zero attached hydrogens (tertiary/aromatic N) is 2. The van der Waals surface area contributed by atoms with Crippen LogP contribution in [0.25, 0.3) is 0 Å². The van der Waals surface area contributed by atoms with E-state index >= 15 is 0 Å². The highest BCUT2D eigenvalue weighted by molar-refractivity contribution is 9.10. The van der Waals surface area contributed by atoms with Crippen LogP contribution in [0.3, 0.4) is 0 Å². The lowest BCUT2D eigenvalue weighted by molar-refractivity contribution is -0.131. The normalized spacial score (nSPS) is 15.7. The highest BCUT2D eigenvalue weighted by Crippen LogP contribution is 2.25. The Morgan fingerprint density at radius 3 is 2.34 bits per heavy atom. The van der Waals surface area contributed by atoms with E-state index in [0.717, 1.165) is 5.56 Å². The largest absolute Gasteiger partial charge is 0.341 e. The van der Waals surface area contributed by atoms with Gasteiger partial charge >= 0.3 is 0 Å². The molecule has 0 N–H and O–H groups in total. The molecule has 4 nitrogen and oxygen atoms in total. The molecule has 1 atom stereocenters. The Kier molecular flexibility index (Phi) is 7.00. The number of benzene rings is 2. The van der Waals surface area contributed by atoms with Crippen LogP contribution in [0.1, 0.15) is 41.6 Å². The molecule has 0 bridgehead atoms. The van der Waals surface area contributed by atoms with Crippen LogP contribution in [0.2, 0.25) is 0 Å². The first-order valence-corrected chi connectivity index (χ1v) is 10.4. The van der Waals surface area contributed by atoms with Crippen molar-refractivity contribution in [1.29, 1.82) is 0 Å². The maximum Gasteiger partial charge on any atom is 0.253 e. The van der Waals surface area contributed by atoms with E-state index in [-0.39, 0.29) is 29.4 Å². The summed E-state index contributed by atoms with van der Waals surface area (Å²) in [5.41, 5.74) is 1.34. The minimum atomic E-state index is -0.378. The van der Waals surface area contributed by atoms with Crippen molar-refractivity contribution in [3.63, 3.8) is 0 Å². The fourth-order valence-electron chi connectivity index (χ4n) is 3.47. The number of hydrogen-bond acceptors (Lipinski definition) is 2. The van der Waals surface area contributed by atoms with Crippen LogP contribution in [0, 0.1) is 11.6 Å². The molecule has 1 unspecified atom stereocenters. The van der Waals surface area contributed by atoms with Gasteiger partial charge in [-0.3, -0.25) is 9.59 Å². The van der Waals surface area contributed by atoms with Gasteiger partial charge in [-0.25, -0.2) is 8.78 Å². The number of halogens is 3. The first-order valence-electron chi connectivity index (χ1n) is 9.62. The van der Waals surface area contributed by atoms with Gasteiger partial charge in [-0.05, 0) is 70.2 Å². The van der Waals surface area contributed by atoms with E-state index in [1.165, 1.54) is 30.3 Å². The maximum atomic E-state index is 13.4. The van der Waals surface area contributed by atoms with E-state index in [9.17, 15) is 18.4 Å². The smallest absolute Gasteiger partial charge is 0.253 e. The summed E-state index contributed by atoms with van der Waals surface area (Å²) in [5, 5.41) is 0. The molecule has 2 amide bonds. The molecule has 0 radical (unpaired) electrons. The molecule has 1 heterocycles. The lowest BCUT2D eigenvalue weighted by Crippen LogP contribution is -2.37. The number of carbonyl (C=O) groups excluding carboxylic acids is 2. The monoisotopic (exact) mass is 464 g/mol. The topological polar surface area (TPSA) is 40.6 Å². The van der Waals surface area contributed by atoms with Gasteiger partial charge in [0.2, 0.25) is 5.91 Å². The summed E-state index contributed by atoms with van der Waals surface area (Å²) < 4.78 is 26.9. The van der Waals surface area contributed by atoms with Crippen molar-refractivity contribution in [2.75, 3.05) is 26.2 Å². The number of carbonyl (C=O) groups is 2. The quantitative estimate of drug-likeness (QED) is 0.663. The van der Waals surface area contributed by atoms with Crippen LogP contribution in [-0.2, 0) is 4.79 Å². The summed E-state index contributed by atoms with van der Waals surface area (Å²) in [6, 6.07) is 10.3. The molecule has 2 aromatic carbocycles. The second-order valence-electron chi connectivity index (χ2n) is 7.31. The van der Waals surface area contributed by atoms with E-state index in [1.807, 2.05) is 6.92 Å². The fraction of sp³-hybridized carbons (Fsp3) is 0.364. The Labute approximate surface area is 177 Å². The first-order chi connectivity index (χ1) is 13.8. The Bertz CT molecular complexity index is 889. The molecule has 3 rings (SSSR count). The van der Waals surface area contributed by atoms with Crippen LogP contribution in [0.5, 0.6) is 0 Å². The minimum Gasteiger partial charge on any atom is -0.341 e. The molecule has 0 aromatic heterocycles. The summed E-state index contributed by atoms with van der Waals surface area (Å²) in [5.74, 6) is -0.875. The van der Waals surface area contributed by atoms with Gasteiger partial charge in [0.05, 0.1) is 4.47 Å². The highest BCUT2D eigenvalue weighted by atomic mass is 79.9. The van der Waals surface area contributed by atoms with Crippen molar-refractivity contribution in [1.82, 2.24) is 9.80 Å². The predicted octanol–water partition coefficient (Wildman–Crippen LogP) is 4.60. The molecule has 0 spiro atoms. The van der Waals surface area contributed by atoms with Crippen LogP contribution in [0.15, 0.2) is 46.9 Å². The summed E-state index contributed by atoms with van der Waals surface area (Å²) in [7, 11) is 0. The van der Waals surface area contributed by atoms with E-state index in [1.54, 1.807) is 21.9 Å². The van der Waals surface area contributed by atoms with Crippen LogP contribution in [0.4, 0.5) is 8.78 Å². The van der Waals surface area contributed by atoms with Gasteiger partial charge < -0.3 is 9.80 Å². The number of amides is 2. The zero-order chi connectivity index (χ0) is 21.0. The van der Waals surface area contributed by atoms with Crippen LogP contribution >= 0.6 is 15.9 Å². The third-order valence-corrected chi connectivity index (χ3v) is 5.83. The van der Waals surface area contributed by atoms with Crippen molar-refractivity contribution in [3.05, 3.63) is 69.7 Å². The summed E-state index contributed by atoms with van der Waals surface area (Å²) >= 11 is 3.18. The zero-order valence-corrected chi connectivity index (χ0v) is 17.8. The Balaban J connectivity index is 1.58. The van der Waals surface area contributed by atoms with Crippen molar-refractivity contribution < 1.29 is 18.4 Å². The van der Waals surface area contributed by atoms with Gasteiger partial charge in [-0.2, -0.15) is 0 Å². The van der Waals surface area contributed by atoms with Crippen molar-refractivity contribution in [2.45, 2.75) is 25.7 Å². The van der Waals surface area contributed by atoms with Gasteiger partial charge in [0.15, 0.2) is 0 Å². The Morgan fingerprint density at radius 2 is 1.66 bits per heavy atom. The van der Waals surface area contributed by atoms with Gasteiger partial charge in [0.1, 0.15) is 11.6 Å². The lowest BCUT2D eigenvalue weighted by atomic mass is 9.97. The number of rotatable bonds is 4. The SMILES string of the molecule is CC(CC(=O)N1CCCN(C(=O)c2ccc(F)cc2)CC1)c1ccc(F)c(Br)c1. The molecule has 1 aliphatic heterocycles. The standard InChI is InChI=1S/C22H23BrF2N2O2/c1-15(17-5-8-20(25)19(23)14-17)13-21(28)26-9-2-10-27(12-11-26)22(29)16-3-6-18(24)7-4-16/h3-8,14-15H,2,9-13H2,1H3. The molecular weight excluding hydrogens is 442 g/mol. The fourth-order valence-corrected chi connectivity index (χ4v) is 3.87. The Hall–Kier alpha value is -2.28. The molecule has 2 aromatic rings. The third-order valence-electron chi connectivity index (χ3n) is 5.22. The first kappa shape index (κ1) is 21.4. The van der Waals surface area contributed by atoms with Gasteiger partial charge in [0.25, 0.3) is 5.91 Å². The molecule has 1 saturated heterocycles. The van der Waals surface area contributed by atoms with Gasteiger partial charge in [0, 0.05) is 38.2 Å².